The van der Waals surface area contributed by atoms with Crippen LogP contribution < -0.4 is 14.8 Å². The van der Waals surface area contributed by atoms with Gasteiger partial charge in [-0.15, -0.1) is 0 Å². The molecule has 0 bridgehead atoms. The Hall–Kier alpha value is -3.00. The monoisotopic (exact) mass is 485 g/mol. The van der Waals surface area contributed by atoms with Gasteiger partial charge in [-0.3, -0.25) is 19.7 Å². The average Bonchev–Trinajstić information content (AvgIpc) is 3.16. The number of thioether (sulfide) groups is 1. The number of hydrogen-bond donors (Lipinski definition) is 1. The molecule has 1 fully saturated rings. The smallest absolute Gasteiger partial charge is 0.306 e. The molecule has 0 aromatic heterocycles. The topological polar surface area (TPSA) is 90.9 Å². The number of rotatable bonds is 13. The third kappa shape index (κ3) is 7.80. The molecule has 2 aromatic rings. The molecular weight excluding hydrogens is 454 g/mol. The van der Waals surface area contributed by atoms with Gasteiger partial charge in [0.05, 0.1) is 12.4 Å². The van der Waals surface area contributed by atoms with Crippen LogP contribution in [0.2, 0.25) is 0 Å². The number of imide groups is 1. The molecule has 0 spiro atoms. The molecule has 1 aliphatic heterocycles. The molecule has 1 saturated heterocycles. The molecule has 1 aliphatic rings. The first-order chi connectivity index (χ1) is 16.5. The van der Waals surface area contributed by atoms with E-state index in [4.69, 9.17) is 14.2 Å². The van der Waals surface area contributed by atoms with E-state index >= 15 is 0 Å². The van der Waals surface area contributed by atoms with Gasteiger partial charge in [-0.1, -0.05) is 62.2 Å². The van der Waals surface area contributed by atoms with E-state index in [0.717, 1.165) is 48.6 Å². The molecule has 2 aromatic carbocycles. The molecule has 1 N–H and O–H groups in total. The number of amides is 2. The zero-order chi connectivity index (χ0) is 24.3. The van der Waals surface area contributed by atoms with Gasteiger partial charge in [-0.05, 0) is 48.2 Å². The number of hydrogen-bond acceptors (Lipinski definition) is 7. The van der Waals surface area contributed by atoms with Crippen molar-refractivity contribution < 1.29 is 28.6 Å². The average molecular weight is 486 g/mol. The molecule has 0 saturated carbocycles. The van der Waals surface area contributed by atoms with Crippen LogP contribution in [-0.4, -0.2) is 36.1 Å². The molecule has 3 rings (SSSR count). The number of nitrogens with one attached hydrogen (secondary N) is 1. The Bertz CT molecular complexity index is 978. The predicted molar refractivity (Wildman–Crippen MR) is 131 cm³/mol. The fourth-order valence-corrected chi connectivity index (χ4v) is 4.45. The summed E-state index contributed by atoms with van der Waals surface area (Å²) in [5.41, 5.74) is 1.73. The minimum atomic E-state index is -0.571. The number of ether oxygens (including phenoxy) is 3. The normalized spacial score (nSPS) is 16.1. The van der Waals surface area contributed by atoms with Crippen LogP contribution in [0.25, 0.3) is 0 Å². The van der Waals surface area contributed by atoms with Crippen LogP contribution in [-0.2, 0) is 20.7 Å². The number of methoxy groups -OCH3 is 1. The van der Waals surface area contributed by atoms with Crippen LogP contribution in [0.5, 0.6) is 11.5 Å². The number of unbranched alkanes of at least 4 members (excludes halogenated alkanes) is 3. The quantitative estimate of drug-likeness (QED) is 0.307. The summed E-state index contributed by atoms with van der Waals surface area (Å²) in [7, 11) is 1.59. The fourth-order valence-electron chi connectivity index (χ4n) is 3.59. The highest BCUT2D eigenvalue weighted by Crippen LogP contribution is 2.26. The highest BCUT2D eigenvalue weighted by Gasteiger charge is 2.31. The molecule has 2 amide bonds. The summed E-state index contributed by atoms with van der Waals surface area (Å²) in [6, 6.07) is 14.8. The summed E-state index contributed by atoms with van der Waals surface area (Å²) in [5, 5.41) is 1.58. The van der Waals surface area contributed by atoms with Crippen molar-refractivity contribution in [2.45, 2.75) is 56.8 Å². The molecule has 8 heteroatoms. The maximum Gasteiger partial charge on any atom is 0.306 e. The van der Waals surface area contributed by atoms with Crippen molar-refractivity contribution in [2.24, 2.45) is 0 Å². The molecule has 182 valence electrons. The molecule has 2 atom stereocenters. The lowest BCUT2D eigenvalue weighted by atomic mass is 10.1. The number of esters is 1. The Morgan fingerprint density at radius 1 is 1.06 bits per heavy atom. The number of benzene rings is 2. The fraction of sp³-hybridized carbons (Fsp3) is 0.423. The Kier molecular flexibility index (Phi) is 9.82. The standard InChI is InChI=1S/C26H31NO6S/c1-3-4-5-6-10-24(28)33-22(19-8-7-9-21(16-19)31-2)17-32-20-13-11-18(12-14-20)15-23-25(29)27-26(30)34-23/h7-9,11-14,16,22-23H,3-6,10,15,17H2,1-2H3,(H,27,29,30)/t22-,23?/m0/s1. The van der Waals surface area contributed by atoms with Crippen molar-refractivity contribution in [1.29, 1.82) is 0 Å². The summed E-state index contributed by atoms with van der Waals surface area (Å²) >= 11 is 1.01. The zero-order valence-electron chi connectivity index (χ0n) is 19.6. The van der Waals surface area contributed by atoms with Gasteiger partial charge in [0.15, 0.2) is 6.10 Å². The zero-order valence-corrected chi connectivity index (χ0v) is 20.4. The van der Waals surface area contributed by atoms with Gasteiger partial charge >= 0.3 is 5.97 Å². The summed E-state index contributed by atoms with van der Waals surface area (Å²) in [5.74, 6) is 0.797. The highest BCUT2D eigenvalue weighted by molar-refractivity contribution is 8.15. The van der Waals surface area contributed by atoms with E-state index in [1.54, 1.807) is 7.11 Å². The first-order valence-electron chi connectivity index (χ1n) is 11.5. The minimum Gasteiger partial charge on any atom is -0.497 e. The second-order valence-electron chi connectivity index (χ2n) is 8.11. The van der Waals surface area contributed by atoms with Crippen LogP contribution in [0.3, 0.4) is 0 Å². The summed E-state index contributed by atoms with van der Waals surface area (Å²) in [4.78, 5) is 35.6. The second kappa shape index (κ2) is 13.0. The maximum atomic E-state index is 12.4. The summed E-state index contributed by atoms with van der Waals surface area (Å²) in [6.45, 7) is 2.29. The van der Waals surface area contributed by atoms with E-state index in [-0.39, 0.29) is 23.7 Å². The van der Waals surface area contributed by atoms with Crippen molar-refractivity contribution in [3.8, 4) is 11.5 Å². The van der Waals surface area contributed by atoms with Gasteiger partial charge in [0.25, 0.3) is 5.24 Å². The largest absolute Gasteiger partial charge is 0.497 e. The third-order valence-corrected chi connectivity index (χ3v) is 6.47. The van der Waals surface area contributed by atoms with E-state index in [1.807, 2.05) is 48.5 Å². The van der Waals surface area contributed by atoms with Crippen molar-refractivity contribution in [1.82, 2.24) is 5.32 Å². The molecule has 34 heavy (non-hydrogen) atoms. The van der Waals surface area contributed by atoms with Gasteiger partial charge in [-0.2, -0.15) is 0 Å². The highest BCUT2D eigenvalue weighted by atomic mass is 32.2. The lowest BCUT2D eigenvalue weighted by Gasteiger charge is -2.20. The van der Waals surface area contributed by atoms with E-state index in [1.165, 1.54) is 0 Å². The molecule has 7 nitrogen and oxygen atoms in total. The first-order valence-corrected chi connectivity index (χ1v) is 12.4. The van der Waals surface area contributed by atoms with Gasteiger partial charge in [0, 0.05) is 6.42 Å². The van der Waals surface area contributed by atoms with Crippen LogP contribution >= 0.6 is 11.8 Å². The van der Waals surface area contributed by atoms with E-state index in [2.05, 4.69) is 12.2 Å². The van der Waals surface area contributed by atoms with Crippen LogP contribution in [0.1, 0.15) is 56.3 Å². The van der Waals surface area contributed by atoms with Gasteiger partial charge < -0.3 is 14.2 Å². The molecule has 0 radical (unpaired) electrons. The van der Waals surface area contributed by atoms with Crippen molar-refractivity contribution >= 4 is 28.9 Å². The second-order valence-corrected chi connectivity index (χ2v) is 9.28. The van der Waals surface area contributed by atoms with E-state index in [0.29, 0.717) is 24.3 Å². The number of carbonyl (C=O) groups excluding carboxylic acids is 3. The Balaban J connectivity index is 1.60. The SMILES string of the molecule is CCCCCCC(=O)O[C@@H](COc1ccc(CC2SC(=O)NC2=O)cc1)c1cccc(OC)c1. The lowest BCUT2D eigenvalue weighted by molar-refractivity contribution is -0.151. The summed E-state index contributed by atoms with van der Waals surface area (Å²) < 4.78 is 17.0. The Morgan fingerprint density at radius 2 is 1.85 bits per heavy atom. The van der Waals surface area contributed by atoms with E-state index < -0.39 is 11.4 Å². The molecule has 1 heterocycles. The van der Waals surface area contributed by atoms with Crippen molar-refractivity contribution in [3.63, 3.8) is 0 Å². The van der Waals surface area contributed by atoms with Crippen LogP contribution in [0.15, 0.2) is 48.5 Å². The molecule has 0 aliphatic carbocycles. The first kappa shape index (κ1) is 25.6. The Labute approximate surface area is 204 Å². The lowest BCUT2D eigenvalue weighted by Crippen LogP contribution is -2.25. The molecular formula is C26H31NO6S. The van der Waals surface area contributed by atoms with Crippen LogP contribution in [0, 0.1) is 0 Å². The van der Waals surface area contributed by atoms with Crippen molar-refractivity contribution in [2.75, 3.05) is 13.7 Å². The van der Waals surface area contributed by atoms with Gasteiger partial charge in [0.2, 0.25) is 5.91 Å². The maximum absolute atomic E-state index is 12.4. The van der Waals surface area contributed by atoms with Gasteiger partial charge in [0.1, 0.15) is 18.1 Å². The molecule has 1 unspecified atom stereocenters. The van der Waals surface area contributed by atoms with Crippen molar-refractivity contribution in [3.05, 3.63) is 59.7 Å². The Morgan fingerprint density at radius 3 is 2.53 bits per heavy atom. The third-order valence-electron chi connectivity index (χ3n) is 5.49. The minimum absolute atomic E-state index is 0.155. The predicted octanol–water partition coefficient (Wildman–Crippen LogP) is 5.22. The van der Waals surface area contributed by atoms with Crippen LogP contribution in [0.4, 0.5) is 4.79 Å². The van der Waals surface area contributed by atoms with E-state index in [9.17, 15) is 14.4 Å². The summed E-state index contributed by atoms with van der Waals surface area (Å²) in [6.07, 6.45) is 4.30. The number of carbonyl (C=O) groups is 3. The van der Waals surface area contributed by atoms with Gasteiger partial charge in [-0.25, -0.2) is 0 Å².